The van der Waals surface area contributed by atoms with E-state index < -0.39 is 5.97 Å². The second-order valence-electron chi connectivity index (χ2n) is 3.74. The van der Waals surface area contributed by atoms with Crippen molar-refractivity contribution in [3.05, 3.63) is 59.9 Å². The number of carbonyl (C=O) groups is 1. The number of benzene rings is 1. The standard InChI is InChI=1S/C13H13NO2/c1-10(11-5-3-2-4-6-11)14-8-7-12(9-14)13(15)16/h2-10H,1H3,(H,15,16)/t10-/m0/s1. The summed E-state index contributed by atoms with van der Waals surface area (Å²) in [5.41, 5.74) is 1.48. The number of carboxylic acids is 1. The second-order valence-corrected chi connectivity index (χ2v) is 3.74. The Morgan fingerprint density at radius 3 is 2.50 bits per heavy atom. The highest BCUT2D eigenvalue weighted by molar-refractivity contribution is 5.87. The van der Waals surface area contributed by atoms with Crippen LogP contribution in [0.5, 0.6) is 0 Å². The Hall–Kier alpha value is -2.03. The van der Waals surface area contributed by atoms with Gasteiger partial charge in [-0.05, 0) is 18.6 Å². The van der Waals surface area contributed by atoms with Gasteiger partial charge in [0.05, 0.1) is 11.6 Å². The highest BCUT2D eigenvalue weighted by Gasteiger charge is 2.10. The minimum atomic E-state index is -0.890. The largest absolute Gasteiger partial charge is 0.478 e. The summed E-state index contributed by atoms with van der Waals surface area (Å²) >= 11 is 0. The monoisotopic (exact) mass is 215 g/mol. The van der Waals surface area contributed by atoms with E-state index in [-0.39, 0.29) is 6.04 Å². The van der Waals surface area contributed by atoms with Gasteiger partial charge in [0.1, 0.15) is 0 Å². The maximum atomic E-state index is 10.8. The Balaban J connectivity index is 2.27. The highest BCUT2D eigenvalue weighted by Crippen LogP contribution is 2.18. The molecule has 0 radical (unpaired) electrons. The lowest BCUT2D eigenvalue weighted by molar-refractivity contribution is 0.0697. The summed E-state index contributed by atoms with van der Waals surface area (Å²) in [6, 6.07) is 11.8. The molecule has 16 heavy (non-hydrogen) atoms. The fourth-order valence-corrected chi connectivity index (χ4v) is 1.68. The predicted octanol–water partition coefficient (Wildman–Crippen LogP) is 2.80. The van der Waals surface area contributed by atoms with Crippen molar-refractivity contribution in [3.63, 3.8) is 0 Å². The lowest BCUT2D eigenvalue weighted by Gasteiger charge is -2.13. The van der Waals surface area contributed by atoms with Crippen molar-refractivity contribution < 1.29 is 9.90 Å². The van der Waals surface area contributed by atoms with Crippen LogP contribution in [0.2, 0.25) is 0 Å². The van der Waals surface area contributed by atoms with Gasteiger partial charge in [0.25, 0.3) is 0 Å². The lowest BCUT2D eigenvalue weighted by Crippen LogP contribution is -2.04. The fourth-order valence-electron chi connectivity index (χ4n) is 1.68. The Kier molecular flexibility index (Phi) is 2.77. The first-order valence-electron chi connectivity index (χ1n) is 5.14. The van der Waals surface area contributed by atoms with Crippen LogP contribution in [-0.4, -0.2) is 15.6 Å². The maximum absolute atomic E-state index is 10.8. The number of carboxylic acid groups (broad SMARTS) is 1. The summed E-state index contributed by atoms with van der Waals surface area (Å²) in [6.45, 7) is 2.04. The van der Waals surface area contributed by atoms with E-state index in [0.717, 1.165) is 5.56 Å². The molecule has 1 atom stereocenters. The van der Waals surface area contributed by atoms with E-state index in [1.807, 2.05) is 41.8 Å². The zero-order chi connectivity index (χ0) is 11.5. The average molecular weight is 215 g/mol. The Morgan fingerprint density at radius 1 is 1.25 bits per heavy atom. The summed E-state index contributed by atoms with van der Waals surface area (Å²) in [4.78, 5) is 10.8. The van der Waals surface area contributed by atoms with Gasteiger partial charge < -0.3 is 9.67 Å². The van der Waals surface area contributed by atoms with Gasteiger partial charge in [-0.2, -0.15) is 0 Å². The minimum absolute atomic E-state index is 0.147. The van der Waals surface area contributed by atoms with Crippen LogP contribution in [0, 0.1) is 0 Å². The normalized spacial score (nSPS) is 12.3. The zero-order valence-corrected chi connectivity index (χ0v) is 9.00. The number of aromatic carboxylic acids is 1. The molecule has 2 rings (SSSR count). The lowest BCUT2D eigenvalue weighted by atomic mass is 10.1. The van der Waals surface area contributed by atoms with Gasteiger partial charge in [-0.15, -0.1) is 0 Å². The van der Waals surface area contributed by atoms with E-state index in [9.17, 15) is 4.79 Å². The number of rotatable bonds is 3. The minimum Gasteiger partial charge on any atom is -0.478 e. The molecule has 0 saturated heterocycles. The summed E-state index contributed by atoms with van der Waals surface area (Å²) in [6.07, 6.45) is 3.45. The van der Waals surface area contributed by atoms with Crippen molar-refractivity contribution >= 4 is 5.97 Å². The Bertz CT molecular complexity index is 488. The Morgan fingerprint density at radius 2 is 1.94 bits per heavy atom. The van der Waals surface area contributed by atoms with Gasteiger partial charge >= 0.3 is 5.97 Å². The molecule has 3 nitrogen and oxygen atoms in total. The molecule has 1 aromatic heterocycles. The van der Waals surface area contributed by atoms with Crippen LogP contribution in [0.1, 0.15) is 28.9 Å². The molecule has 82 valence electrons. The van der Waals surface area contributed by atoms with E-state index >= 15 is 0 Å². The molecule has 2 aromatic rings. The summed E-state index contributed by atoms with van der Waals surface area (Å²) in [5, 5.41) is 8.84. The highest BCUT2D eigenvalue weighted by atomic mass is 16.4. The van der Waals surface area contributed by atoms with Gasteiger partial charge in [0.2, 0.25) is 0 Å². The molecule has 1 aromatic carbocycles. The quantitative estimate of drug-likeness (QED) is 0.855. The molecule has 0 aliphatic rings. The van der Waals surface area contributed by atoms with E-state index in [1.54, 1.807) is 18.5 Å². The van der Waals surface area contributed by atoms with Crippen molar-refractivity contribution in [1.29, 1.82) is 0 Å². The SMILES string of the molecule is C[C@@H](c1ccccc1)n1ccc(C(=O)O)c1. The predicted molar refractivity (Wildman–Crippen MR) is 61.6 cm³/mol. The van der Waals surface area contributed by atoms with Crippen LogP contribution >= 0.6 is 0 Å². The fraction of sp³-hybridized carbons (Fsp3) is 0.154. The van der Waals surface area contributed by atoms with Gasteiger partial charge in [0, 0.05) is 12.4 Å². The first-order valence-corrected chi connectivity index (χ1v) is 5.14. The average Bonchev–Trinajstić information content (AvgIpc) is 2.78. The van der Waals surface area contributed by atoms with Gasteiger partial charge in [-0.1, -0.05) is 30.3 Å². The van der Waals surface area contributed by atoms with Crippen LogP contribution in [0.3, 0.4) is 0 Å². The number of aromatic nitrogens is 1. The third kappa shape index (κ3) is 1.98. The van der Waals surface area contributed by atoms with Crippen LogP contribution in [0.4, 0.5) is 0 Å². The van der Waals surface area contributed by atoms with E-state index in [4.69, 9.17) is 5.11 Å². The number of hydrogen-bond acceptors (Lipinski definition) is 1. The molecular formula is C13H13NO2. The number of hydrogen-bond donors (Lipinski definition) is 1. The topological polar surface area (TPSA) is 42.2 Å². The molecule has 0 unspecified atom stereocenters. The van der Waals surface area contributed by atoms with Crippen LogP contribution < -0.4 is 0 Å². The van der Waals surface area contributed by atoms with Gasteiger partial charge in [-0.25, -0.2) is 4.79 Å². The van der Waals surface area contributed by atoms with Crippen molar-refractivity contribution in [2.24, 2.45) is 0 Å². The van der Waals surface area contributed by atoms with Gasteiger partial charge in [0.15, 0.2) is 0 Å². The smallest absolute Gasteiger partial charge is 0.337 e. The maximum Gasteiger partial charge on any atom is 0.337 e. The van der Waals surface area contributed by atoms with Crippen molar-refractivity contribution in [1.82, 2.24) is 4.57 Å². The van der Waals surface area contributed by atoms with E-state index in [2.05, 4.69) is 0 Å². The third-order valence-corrected chi connectivity index (χ3v) is 2.69. The molecule has 0 aliphatic heterocycles. The third-order valence-electron chi connectivity index (χ3n) is 2.69. The first kappa shape index (κ1) is 10.5. The molecule has 1 heterocycles. The first-order chi connectivity index (χ1) is 7.68. The molecular weight excluding hydrogens is 202 g/mol. The summed E-state index contributed by atoms with van der Waals surface area (Å²) < 4.78 is 1.90. The molecule has 0 saturated carbocycles. The number of nitrogens with zero attached hydrogens (tertiary/aromatic N) is 1. The van der Waals surface area contributed by atoms with Crippen molar-refractivity contribution in [3.8, 4) is 0 Å². The van der Waals surface area contributed by atoms with Crippen LogP contribution in [0.15, 0.2) is 48.8 Å². The molecule has 0 fully saturated rings. The molecule has 0 aliphatic carbocycles. The summed E-state index contributed by atoms with van der Waals surface area (Å²) in [7, 11) is 0. The Labute approximate surface area is 94.0 Å². The second kappa shape index (κ2) is 4.23. The molecule has 3 heteroatoms. The van der Waals surface area contributed by atoms with E-state index in [1.165, 1.54) is 0 Å². The molecule has 0 bridgehead atoms. The molecule has 0 amide bonds. The van der Waals surface area contributed by atoms with E-state index in [0.29, 0.717) is 5.56 Å². The molecule has 0 spiro atoms. The zero-order valence-electron chi connectivity index (χ0n) is 9.00. The molecule has 1 N–H and O–H groups in total. The summed E-state index contributed by atoms with van der Waals surface area (Å²) in [5.74, 6) is -0.890. The van der Waals surface area contributed by atoms with Crippen molar-refractivity contribution in [2.45, 2.75) is 13.0 Å². The van der Waals surface area contributed by atoms with Crippen molar-refractivity contribution in [2.75, 3.05) is 0 Å². The van der Waals surface area contributed by atoms with Crippen LogP contribution in [-0.2, 0) is 0 Å². The van der Waals surface area contributed by atoms with Gasteiger partial charge in [-0.3, -0.25) is 0 Å². The van der Waals surface area contributed by atoms with Crippen LogP contribution in [0.25, 0.3) is 0 Å².